The molecule has 0 unspecified atom stereocenters. The van der Waals surface area contributed by atoms with Crippen LogP contribution in [0.4, 0.5) is 13.2 Å². The predicted octanol–water partition coefficient (Wildman–Crippen LogP) is 4.79. The van der Waals surface area contributed by atoms with Gasteiger partial charge in [0.15, 0.2) is 5.58 Å². The lowest BCUT2D eigenvalue weighted by molar-refractivity contribution is -0.136. The molecule has 4 rings (SSSR count). The molecule has 0 saturated heterocycles. The molecule has 22 heavy (non-hydrogen) atoms. The number of hydrogen-bond acceptors (Lipinski definition) is 2. The SMILES string of the molecule is FC(F)(F)c1cccc2oc3c(-n4cccn4)cccc3c12. The Morgan fingerprint density at radius 1 is 1.00 bits per heavy atom. The van der Waals surface area contributed by atoms with Gasteiger partial charge in [-0.25, -0.2) is 4.68 Å². The highest BCUT2D eigenvalue weighted by Crippen LogP contribution is 2.40. The van der Waals surface area contributed by atoms with Crippen molar-refractivity contribution in [2.24, 2.45) is 0 Å². The zero-order chi connectivity index (χ0) is 15.3. The van der Waals surface area contributed by atoms with Crippen LogP contribution in [0.1, 0.15) is 5.56 Å². The summed E-state index contributed by atoms with van der Waals surface area (Å²) in [4.78, 5) is 0. The van der Waals surface area contributed by atoms with Gasteiger partial charge >= 0.3 is 6.18 Å². The molecular weight excluding hydrogens is 293 g/mol. The minimum Gasteiger partial charge on any atom is -0.454 e. The number of hydrogen-bond donors (Lipinski definition) is 0. The van der Waals surface area contributed by atoms with Crippen molar-refractivity contribution >= 4 is 21.9 Å². The summed E-state index contributed by atoms with van der Waals surface area (Å²) in [6.07, 6.45) is -1.12. The summed E-state index contributed by atoms with van der Waals surface area (Å²) >= 11 is 0. The third-order valence-corrected chi connectivity index (χ3v) is 3.56. The van der Waals surface area contributed by atoms with E-state index in [2.05, 4.69) is 5.10 Å². The van der Waals surface area contributed by atoms with Gasteiger partial charge in [0.2, 0.25) is 0 Å². The quantitative estimate of drug-likeness (QED) is 0.506. The number of para-hydroxylation sites is 1. The molecule has 110 valence electrons. The smallest absolute Gasteiger partial charge is 0.417 e. The predicted molar refractivity (Wildman–Crippen MR) is 75.8 cm³/mol. The number of aromatic nitrogens is 2. The maximum Gasteiger partial charge on any atom is 0.417 e. The maximum atomic E-state index is 13.2. The highest BCUT2D eigenvalue weighted by molar-refractivity contribution is 6.09. The zero-order valence-corrected chi connectivity index (χ0v) is 11.1. The summed E-state index contributed by atoms with van der Waals surface area (Å²) in [6.45, 7) is 0. The summed E-state index contributed by atoms with van der Waals surface area (Å²) in [6, 6.07) is 10.8. The third kappa shape index (κ3) is 1.80. The first-order valence-corrected chi connectivity index (χ1v) is 6.57. The van der Waals surface area contributed by atoms with Gasteiger partial charge in [-0.2, -0.15) is 18.3 Å². The van der Waals surface area contributed by atoms with Crippen LogP contribution in [0.5, 0.6) is 0 Å². The molecule has 3 nitrogen and oxygen atoms in total. The number of benzene rings is 2. The van der Waals surface area contributed by atoms with Crippen LogP contribution < -0.4 is 0 Å². The van der Waals surface area contributed by atoms with Crippen LogP contribution in [0.3, 0.4) is 0 Å². The molecule has 2 aromatic carbocycles. The van der Waals surface area contributed by atoms with Crippen LogP contribution in [0.15, 0.2) is 59.3 Å². The number of halogens is 3. The van der Waals surface area contributed by atoms with Crippen LogP contribution in [0.25, 0.3) is 27.6 Å². The molecule has 0 bridgehead atoms. The topological polar surface area (TPSA) is 31.0 Å². The molecule has 0 spiro atoms. The van der Waals surface area contributed by atoms with Crippen molar-refractivity contribution in [1.82, 2.24) is 9.78 Å². The van der Waals surface area contributed by atoms with Crippen molar-refractivity contribution in [3.63, 3.8) is 0 Å². The molecule has 6 heteroatoms. The van der Waals surface area contributed by atoms with Gasteiger partial charge < -0.3 is 4.42 Å². The summed E-state index contributed by atoms with van der Waals surface area (Å²) in [7, 11) is 0. The molecule has 0 fully saturated rings. The Balaban J connectivity index is 2.14. The lowest BCUT2D eigenvalue weighted by Gasteiger charge is -2.07. The van der Waals surface area contributed by atoms with Crippen molar-refractivity contribution in [2.45, 2.75) is 6.18 Å². The normalized spacial score (nSPS) is 12.3. The van der Waals surface area contributed by atoms with Crippen molar-refractivity contribution in [1.29, 1.82) is 0 Å². The van der Waals surface area contributed by atoms with Gasteiger partial charge in [0.25, 0.3) is 0 Å². The molecule has 0 aliphatic rings. The first-order chi connectivity index (χ1) is 10.6. The molecule has 0 aliphatic heterocycles. The van der Waals surface area contributed by atoms with Crippen molar-refractivity contribution in [2.75, 3.05) is 0 Å². The monoisotopic (exact) mass is 302 g/mol. The third-order valence-electron chi connectivity index (χ3n) is 3.56. The zero-order valence-electron chi connectivity index (χ0n) is 11.1. The molecule has 0 saturated carbocycles. The average Bonchev–Trinajstić information content (AvgIpc) is 3.12. The van der Waals surface area contributed by atoms with E-state index in [1.807, 2.05) is 0 Å². The Kier molecular flexibility index (Phi) is 2.57. The number of alkyl halides is 3. The van der Waals surface area contributed by atoms with Gasteiger partial charge in [-0.15, -0.1) is 0 Å². The maximum absolute atomic E-state index is 13.2. The van der Waals surface area contributed by atoms with Crippen LogP contribution in [0, 0.1) is 0 Å². The van der Waals surface area contributed by atoms with Gasteiger partial charge in [0, 0.05) is 23.2 Å². The van der Waals surface area contributed by atoms with E-state index < -0.39 is 11.7 Å². The van der Waals surface area contributed by atoms with E-state index in [1.165, 1.54) is 12.1 Å². The van der Waals surface area contributed by atoms with Crippen LogP contribution in [0.2, 0.25) is 0 Å². The van der Waals surface area contributed by atoms with E-state index >= 15 is 0 Å². The van der Waals surface area contributed by atoms with Crippen molar-refractivity contribution < 1.29 is 17.6 Å². The molecule has 2 heterocycles. The van der Waals surface area contributed by atoms with Crippen LogP contribution in [-0.4, -0.2) is 9.78 Å². The van der Waals surface area contributed by atoms with Crippen molar-refractivity contribution in [3.05, 3.63) is 60.4 Å². The van der Waals surface area contributed by atoms with E-state index in [1.54, 1.807) is 41.3 Å². The Bertz CT molecular complexity index is 968. The first kappa shape index (κ1) is 12.9. The summed E-state index contributed by atoms with van der Waals surface area (Å²) in [5, 5.41) is 4.62. The first-order valence-electron chi connectivity index (χ1n) is 6.57. The Labute approximate surface area is 122 Å². The lowest BCUT2D eigenvalue weighted by atomic mass is 10.1. The number of rotatable bonds is 1. The Hall–Kier alpha value is -2.76. The Morgan fingerprint density at radius 3 is 2.55 bits per heavy atom. The van der Waals surface area contributed by atoms with E-state index in [0.29, 0.717) is 16.7 Å². The standard InChI is InChI=1S/C16H9F3N2O/c17-16(18,19)11-5-2-7-13-14(11)10-4-1-6-12(15(10)22-13)21-9-3-8-20-21/h1-9H. The molecule has 2 aromatic heterocycles. The van der Waals surface area contributed by atoms with Gasteiger partial charge in [-0.1, -0.05) is 18.2 Å². The Morgan fingerprint density at radius 2 is 1.82 bits per heavy atom. The number of furan rings is 1. The van der Waals surface area contributed by atoms with Crippen molar-refractivity contribution in [3.8, 4) is 5.69 Å². The van der Waals surface area contributed by atoms with Gasteiger partial charge in [-0.3, -0.25) is 0 Å². The second-order valence-electron chi connectivity index (χ2n) is 4.88. The van der Waals surface area contributed by atoms with E-state index in [4.69, 9.17) is 4.42 Å². The van der Waals surface area contributed by atoms with Gasteiger partial charge in [-0.05, 0) is 24.3 Å². The van der Waals surface area contributed by atoms with Gasteiger partial charge in [0.1, 0.15) is 11.3 Å². The molecule has 0 amide bonds. The molecule has 4 aromatic rings. The fourth-order valence-electron chi connectivity index (χ4n) is 2.66. The number of fused-ring (bicyclic) bond motifs is 3. The minimum absolute atomic E-state index is 0.0824. The molecular formula is C16H9F3N2O. The minimum atomic E-state index is -4.43. The summed E-state index contributed by atoms with van der Waals surface area (Å²) in [5.74, 6) is 0. The average molecular weight is 302 g/mol. The lowest BCUT2D eigenvalue weighted by Crippen LogP contribution is -2.04. The molecule has 0 N–H and O–H groups in total. The molecule has 0 radical (unpaired) electrons. The highest BCUT2D eigenvalue weighted by Gasteiger charge is 2.34. The largest absolute Gasteiger partial charge is 0.454 e. The van der Waals surface area contributed by atoms with E-state index in [-0.39, 0.29) is 11.0 Å². The second-order valence-corrected chi connectivity index (χ2v) is 4.88. The second kappa shape index (κ2) is 4.37. The summed E-state index contributed by atoms with van der Waals surface area (Å²) in [5.41, 5.74) is 0.510. The van der Waals surface area contributed by atoms with E-state index in [0.717, 1.165) is 6.07 Å². The molecule has 0 atom stereocenters. The van der Waals surface area contributed by atoms with Crippen LogP contribution in [-0.2, 0) is 6.18 Å². The van der Waals surface area contributed by atoms with E-state index in [9.17, 15) is 13.2 Å². The highest BCUT2D eigenvalue weighted by atomic mass is 19.4. The van der Waals surface area contributed by atoms with Gasteiger partial charge in [0.05, 0.1) is 5.56 Å². The summed E-state index contributed by atoms with van der Waals surface area (Å²) < 4.78 is 47.0. The number of nitrogens with zero attached hydrogens (tertiary/aromatic N) is 2. The molecule has 0 aliphatic carbocycles. The van der Waals surface area contributed by atoms with Crippen LogP contribution >= 0.6 is 0 Å². The fourth-order valence-corrected chi connectivity index (χ4v) is 2.66. The fraction of sp³-hybridized carbons (Fsp3) is 0.0625.